The summed E-state index contributed by atoms with van der Waals surface area (Å²) in [5, 5.41) is 0. The summed E-state index contributed by atoms with van der Waals surface area (Å²) in [5.74, 6) is 0.989. The van der Waals surface area contributed by atoms with Crippen LogP contribution in [0.15, 0.2) is 18.2 Å². The van der Waals surface area contributed by atoms with E-state index in [4.69, 9.17) is 9.47 Å². The quantitative estimate of drug-likeness (QED) is 0.759. The summed E-state index contributed by atoms with van der Waals surface area (Å²) in [5.41, 5.74) is 2.19. The summed E-state index contributed by atoms with van der Waals surface area (Å²) in [6.07, 6.45) is 3.83. The van der Waals surface area contributed by atoms with Crippen LogP contribution in [0.25, 0.3) is 0 Å². The number of hydrogen-bond donors (Lipinski definition) is 0. The molecule has 1 aromatic carbocycles. The Morgan fingerprint density at radius 3 is 2.43 bits per heavy atom. The van der Waals surface area contributed by atoms with Gasteiger partial charge < -0.3 is 24.2 Å². The molecule has 0 unspecified atom stereocenters. The van der Waals surface area contributed by atoms with Crippen molar-refractivity contribution in [3.05, 3.63) is 23.8 Å². The molecule has 2 fully saturated rings. The number of carbonyl (C=O) groups excluding carboxylic acids is 2. The van der Waals surface area contributed by atoms with E-state index < -0.39 is 0 Å². The average Bonchev–Trinajstić information content (AvgIpc) is 3.09. The van der Waals surface area contributed by atoms with Gasteiger partial charge in [0.05, 0.1) is 19.4 Å². The van der Waals surface area contributed by atoms with Crippen LogP contribution in [-0.4, -0.2) is 74.3 Å². The Labute approximate surface area is 178 Å². The van der Waals surface area contributed by atoms with Gasteiger partial charge in [0.2, 0.25) is 5.91 Å². The first-order valence-corrected chi connectivity index (χ1v) is 11.1. The molecule has 1 aromatic rings. The molecular weight excluding hydrogens is 382 g/mol. The van der Waals surface area contributed by atoms with E-state index in [1.165, 1.54) is 5.56 Å². The number of hydrogen-bond acceptors (Lipinski definition) is 5. The summed E-state index contributed by atoms with van der Waals surface area (Å²) < 4.78 is 10.8. The summed E-state index contributed by atoms with van der Waals surface area (Å²) >= 11 is 0. The highest BCUT2D eigenvalue weighted by Gasteiger charge is 2.48. The third-order valence-corrected chi connectivity index (χ3v) is 7.15. The lowest BCUT2D eigenvalue weighted by Crippen LogP contribution is -2.52. The summed E-state index contributed by atoms with van der Waals surface area (Å²) in [7, 11) is 1.71. The molecule has 2 saturated heterocycles. The van der Waals surface area contributed by atoms with E-state index in [0.29, 0.717) is 12.6 Å². The Bertz CT molecular complexity index is 796. The molecule has 0 aromatic heterocycles. The molecule has 2 amide bonds. The van der Waals surface area contributed by atoms with Crippen molar-refractivity contribution < 1.29 is 19.1 Å². The molecule has 0 bridgehead atoms. The van der Waals surface area contributed by atoms with Crippen LogP contribution in [0.3, 0.4) is 0 Å². The fraction of sp³-hybridized carbons (Fsp3) is 0.652. The Morgan fingerprint density at radius 2 is 1.83 bits per heavy atom. The average molecular weight is 416 g/mol. The lowest BCUT2D eigenvalue weighted by Gasteiger charge is -2.45. The van der Waals surface area contributed by atoms with E-state index >= 15 is 0 Å². The summed E-state index contributed by atoms with van der Waals surface area (Å²) in [4.78, 5) is 30.6. The van der Waals surface area contributed by atoms with Crippen LogP contribution in [0.5, 0.6) is 5.75 Å². The van der Waals surface area contributed by atoms with Gasteiger partial charge in [-0.15, -0.1) is 0 Å². The molecule has 3 heterocycles. The molecule has 0 saturated carbocycles. The van der Waals surface area contributed by atoms with E-state index in [0.717, 1.165) is 69.8 Å². The highest BCUT2D eigenvalue weighted by atomic mass is 16.6. The minimum atomic E-state index is -0.187. The summed E-state index contributed by atoms with van der Waals surface area (Å²) in [6, 6.07) is 6.54. The van der Waals surface area contributed by atoms with Gasteiger partial charge in [0.15, 0.2) is 0 Å². The minimum absolute atomic E-state index is 0.0320. The first kappa shape index (κ1) is 21.0. The van der Waals surface area contributed by atoms with E-state index in [9.17, 15) is 9.59 Å². The number of carbonyl (C=O) groups is 2. The molecule has 0 atom stereocenters. The molecule has 0 radical (unpaired) electrons. The predicted molar refractivity (Wildman–Crippen MR) is 115 cm³/mol. The van der Waals surface area contributed by atoms with Crippen molar-refractivity contribution in [3.63, 3.8) is 0 Å². The van der Waals surface area contributed by atoms with E-state index in [1.807, 2.05) is 34.9 Å². The van der Waals surface area contributed by atoms with Gasteiger partial charge in [0.25, 0.3) is 0 Å². The monoisotopic (exact) mass is 415 g/mol. The Kier molecular flexibility index (Phi) is 5.91. The van der Waals surface area contributed by atoms with E-state index in [2.05, 4.69) is 4.90 Å². The van der Waals surface area contributed by atoms with Gasteiger partial charge in [-0.25, -0.2) is 4.79 Å². The zero-order valence-electron chi connectivity index (χ0n) is 18.4. The lowest BCUT2D eigenvalue weighted by atomic mass is 9.73. The maximum absolute atomic E-state index is 12.3. The van der Waals surface area contributed by atoms with Crippen LogP contribution in [0.2, 0.25) is 0 Å². The highest BCUT2D eigenvalue weighted by Crippen LogP contribution is 2.51. The van der Waals surface area contributed by atoms with Crippen LogP contribution in [0, 0.1) is 0 Å². The number of benzene rings is 1. The molecule has 4 rings (SSSR count). The number of methoxy groups -OCH3 is 1. The second-order valence-corrected chi connectivity index (χ2v) is 8.69. The fourth-order valence-corrected chi connectivity index (χ4v) is 5.55. The molecule has 3 aliphatic rings. The number of likely N-dealkylation sites (tertiary alicyclic amines) is 2. The second-order valence-electron chi connectivity index (χ2n) is 8.69. The van der Waals surface area contributed by atoms with Crippen molar-refractivity contribution in [1.29, 1.82) is 0 Å². The van der Waals surface area contributed by atoms with Crippen LogP contribution >= 0.6 is 0 Å². The van der Waals surface area contributed by atoms with Crippen molar-refractivity contribution >= 4 is 17.7 Å². The van der Waals surface area contributed by atoms with Crippen LogP contribution < -0.4 is 9.64 Å². The normalized spacial score (nSPS) is 21.6. The smallest absolute Gasteiger partial charge is 0.409 e. The van der Waals surface area contributed by atoms with Gasteiger partial charge in [0.1, 0.15) is 5.75 Å². The van der Waals surface area contributed by atoms with Gasteiger partial charge in [-0.05, 0) is 57.8 Å². The van der Waals surface area contributed by atoms with Gasteiger partial charge >= 0.3 is 6.09 Å². The van der Waals surface area contributed by atoms with Gasteiger partial charge in [-0.2, -0.15) is 0 Å². The largest absolute Gasteiger partial charge is 0.496 e. The molecule has 0 aliphatic carbocycles. The molecule has 30 heavy (non-hydrogen) atoms. The molecular formula is C23H33N3O4. The van der Waals surface area contributed by atoms with Crippen LogP contribution in [0.1, 0.15) is 45.1 Å². The SMILES string of the molecule is CCOC(=O)N1CCC(N2CCC3(CC2)CN(C(C)=O)c2cccc(OC)c23)CC1. The minimum Gasteiger partial charge on any atom is -0.496 e. The zero-order chi connectivity index (χ0) is 21.3. The molecule has 7 heteroatoms. The molecule has 1 spiro atoms. The molecule has 3 aliphatic heterocycles. The molecule has 164 valence electrons. The van der Waals surface area contributed by atoms with Crippen LogP contribution in [0.4, 0.5) is 10.5 Å². The van der Waals surface area contributed by atoms with Gasteiger partial charge in [-0.3, -0.25) is 4.79 Å². The first-order valence-electron chi connectivity index (χ1n) is 11.1. The maximum atomic E-state index is 12.3. The van der Waals surface area contributed by atoms with Crippen molar-refractivity contribution in [3.8, 4) is 5.75 Å². The van der Waals surface area contributed by atoms with Gasteiger partial charge in [0, 0.05) is 43.6 Å². The maximum Gasteiger partial charge on any atom is 0.409 e. The number of fused-ring (bicyclic) bond motifs is 2. The van der Waals surface area contributed by atoms with Crippen molar-refractivity contribution in [2.24, 2.45) is 0 Å². The summed E-state index contributed by atoms with van der Waals surface area (Å²) in [6.45, 7) is 8.20. The van der Waals surface area contributed by atoms with Crippen LogP contribution in [-0.2, 0) is 14.9 Å². The molecule has 0 N–H and O–H groups in total. The predicted octanol–water partition coefficient (Wildman–Crippen LogP) is 3.02. The molecule has 7 nitrogen and oxygen atoms in total. The van der Waals surface area contributed by atoms with Crippen molar-refractivity contribution in [2.75, 3.05) is 51.3 Å². The van der Waals surface area contributed by atoms with E-state index in [-0.39, 0.29) is 17.4 Å². The number of amides is 2. The van der Waals surface area contributed by atoms with Crippen molar-refractivity contribution in [1.82, 2.24) is 9.80 Å². The zero-order valence-corrected chi connectivity index (χ0v) is 18.4. The lowest BCUT2D eigenvalue weighted by molar-refractivity contribution is -0.116. The number of rotatable bonds is 3. The van der Waals surface area contributed by atoms with Gasteiger partial charge in [-0.1, -0.05) is 6.07 Å². The van der Waals surface area contributed by atoms with E-state index in [1.54, 1.807) is 14.0 Å². The highest BCUT2D eigenvalue weighted by molar-refractivity contribution is 5.95. The number of ether oxygens (including phenoxy) is 2. The number of piperidine rings is 2. The Balaban J connectivity index is 1.44. The second kappa shape index (κ2) is 8.46. The Hall–Kier alpha value is -2.28. The standard InChI is InChI=1S/C23H33N3O4/c1-4-30-22(28)25-12-8-18(9-13-25)24-14-10-23(11-15-24)16-26(17(2)27)19-6-5-7-20(29-3)21(19)23/h5-7,18H,4,8-16H2,1-3H3. The topological polar surface area (TPSA) is 62.3 Å². The first-order chi connectivity index (χ1) is 14.5. The third-order valence-electron chi connectivity index (χ3n) is 7.15. The van der Waals surface area contributed by atoms with Crippen molar-refractivity contribution in [2.45, 2.75) is 51.0 Å². The fourth-order valence-electron chi connectivity index (χ4n) is 5.55. The number of anilines is 1. The number of nitrogens with zero attached hydrogens (tertiary/aromatic N) is 3. The Morgan fingerprint density at radius 1 is 1.13 bits per heavy atom. The third kappa shape index (κ3) is 3.64.